The highest BCUT2D eigenvalue weighted by Crippen LogP contribution is 2.11. The molecule has 6 heteroatoms. The summed E-state index contributed by atoms with van der Waals surface area (Å²) in [4.78, 5) is 11.6. The number of carbonyl (C=O) groups is 1. The minimum absolute atomic E-state index is 0.408. The van der Waals surface area contributed by atoms with E-state index in [1.54, 1.807) is 26.8 Å². The zero-order valence-corrected chi connectivity index (χ0v) is 11.2. The number of hydrogen-bond acceptors (Lipinski definition) is 4. The molecule has 0 atom stereocenters. The van der Waals surface area contributed by atoms with E-state index >= 15 is 0 Å². The second-order valence-electron chi connectivity index (χ2n) is 4.12. The highest BCUT2D eigenvalue weighted by molar-refractivity contribution is 9.09. The highest BCUT2D eigenvalue weighted by Gasteiger charge is 2.18. The molecule has 0 aromatic carbocycles. The molecule has 1 aromatic heterocycles. The summed E-state index contributed by atoms with van der Waals surface area (Å²) in [6.07, 6.45) is 0.999. The Balaban J connectivity index is 2.60. The number of hydrogen-bond donors (Lipinski definition) is 0. The van der Waals surface area contributed by atoms with Crippen LogP contribution in [0.5, 0.6) is 5.88 Å². The van der Waals surface area contributed by atoms with Crippen LogP contribution in [-0.2, 0) is 4.74 Å². The molecule has 1 heterocycles. The summed E-state index contributed by atoms with van der Waals surface area (Å²) < 4.78 is 11.5. The maximum atomic E-state index is 11.6. The first-order chi connectivity index (χ1) is 7.42. The van der Waals surface area contributed by atoms with Crippen molar-refractivity contribution in [2.24, 2.45) is 0 Å². The summed E-state index contributed by atoms with van der Waals surface area (Å²) in [5, 5.41) is 4.65. The summed E-state index contributed by atoms with van der Waals surface area (Å²) in [6.45, 7) is 5.91. The van der Waals surface area contributed by atoms with Gasteiger partial charge in [-0.25, -0.2) is 4.79 Å². The van der Waals surface area contributed by atoms with E-state index in [1.807, 2.05) is 0 Å². The number of alkyl halides is 1. The molecule has 0 aliphatic carbocycles. The lowest BCUT2D eigenvalue weighted by Crippen LogP contribution is -2.27. The average Bonchev–Trinajstić information content (AvgIpc) is 2.60. The second kappa shape index (κ2) is 5.34. The molecule has 0 amide bonds. The molecule has 0 fully saturated rings. The van der Waals surface area contributed by atoms with Crippen LogP contribution in [0.1, 0.15) is 20.8 Å². The van der Waals surface area contributed by atoms with Crippen LogP contribution in [0.2, 0.25) is 0 Å². The molecule has 0 aliphatic rings. The van der Waals surface area contributed by atoms with E-state index in [2.05, 4.69) is 21.0 Å². The molecule has 0 aliphatic heterocycles. The van der Waals surface area contributed by atoms with Crippen molar-refractivity contribution in [1.82, 2.24) is 9.78 Å². The number of carbonyl (C=O) groups excluding carboxylic acids is 1. The molecule has 5 nitrogen and oxygen atoms in total. The fraction of sp³-hybridized carbons (Fsp3) is 0.600. The van der Waals surface area contributed by atoms with E-state index in [0.717, 1.165) is 4.68 Å². The van der Waals surface area contributed by atoms with Gasteiger partial charge in [0.15, 0.2) is 0 Å². The van der Waals surface area contributed by atoms with Gasteiger partial charge < -0.3 is 9.47 Å². The zero-order chi connectivity index (χ0) is 12.2. The number of nitrogens with zero attached hydrogens (tertiary/aromatic N) is 2. The van der Waals surface area contributed by atoms with E-state index in [4.69, 9.17) is 9.47 Å². The number of halogens is 1. The van der Waals surface area contributed by atoms with E-state index in [1.165, 1.54) is 6.20 Å². The Bertz CT molecular complexity index is 357. The largest absolute Gasteiger partial charge is 0.476 e. The van der Waals surface area contributed by atoms with Gasteiger partial charge in [0.2, 0.25) is 5.88 Å². The van der Waals surface area contributed by atoms with Crippen molar-refractivity contribution in [1.29, 1.82) is 0 Å². The first-order valence-corrected chi connectivity index (χ1v) is 6.02. The predicted molar refractivity (Wildman–Crippen MR) is 63.1 cm³/mol. The quantitative estimate of drug-likeness (QED) is 0.803. The van der Waals surface area contributed by atoms with Gasteiger partial charge >= 0.3 is 6.09 Å². The van der Waals surface area contributed by atoms with Crippen molar-refractivity contribution in [2.45, 2.75) is 26.4 Å². The van der Waals surface area contributed by atoms with Crippen molar-refractivity contribution >= 4 is 22.0 Å². The first kappa shape index (κ1) is 13.0. The van der Waals surface area contributed by atoms with Crippen molar-refractivity contribution in [3.63, 3.8) is 0 Å². The zero-order valence-electron chi connectivity index (χ0n) is 9.57. The minimum atomic E-state index is -0.528. The molecule has 90 valence electrons. The molecule has 0 unspecified atom stereocenters. The van der Waals surface area contributed by atoms with Gasteiger partial charge in [-0.05, 0) is 20.8 Å². The van der Waals surface area contributed by atoms with Crippen LogP contribution in [0.3, 0.4) is 0 Å². The van der Waals surface area contributed by atoms with Gasteiger partial charge in [-0.15, -0.1) is 5.10 Å². The molecule has 0 bridgehead atoms. The fourth-order valence-corrected chi connectivity index (χ4v) is 1.10. The smallest absolute Gasteiger partial charge is 0.435 e. The monoisotopic (exact) mass is 290 g/mol. The van der Waals surface area contributed by atoms with Gasteiger partial charge in [0, 0.05) is 17.6 Å². The molecule has 0 radical (unpaired) electrons. The van der Waals surface area contributed by atoms with Crippen LogP contribution < -0.4 is 4.74 Å². The lowest BCUT2D eigenvalue weighted by Gasteiger charge is -2.18. The highest BCUT2D eigenvalue weighted by atomic mass is 79.9. The number of aromatic nitrogens is 2. The van der Waals surface area contributed by atoms with Crippen LogP contribution in [0.15, 0.2) is 12.3 Å². The summed E-state index contributed by atoms with van der Waals surface area (Å²) in [7, 11) is 0. The maximum Gasteiger partial charge on any atom is 0.435 e. The molecule has 16 heavy (non-hydrogen) atoms. The SMILES string of the molecule is CC(C)(C)OC(=O)n1ccc(OCCBr)n1. The number of rotatable bonds is 3. The fourth-order valence-electron chi connectivity index (χ4n) is 0.938. The summed E-state index contributed by atoms with van der Waals surface area (Å²) in [6, 6.07) is 1.62. The third-order valence-electron chi connectivity index (χ3n) is 1.47. The second-order valence-corrected chi connectivity index (χ2v) is 4.91. The maximum absolute atomic E-state index is 11.6. The van der Waals surface area contributed by atoms with Crippen LogP contribution in [-0.4, -0.2) is 33.4 Å². The van der Waals surface area contributed by atoms with Crippen LogP contribution in [0.4, 0.5) is 4.79 Å². The molecule has 0 saturated carbocycles. The van der Waals surface area contributed by atoms with Gasteiger partial charge in [0.25, 0.3) is 0 Å². The van der Waals surface area contributed by atoms with E-state index in [0.29, 0.717) is 17.8 Å². The van der Waals surface area contributed by atoms with Crippen LogP contribution >= 0.6 is 15.9 Å². The predicted octanol–water partition coefficient (Wildman–Crippen LogP) is 2.44. The van der Waals surface area contributed by atoms with Crippen molar-refractivity contribution in [3.8, 4) is 5.88 Å². The molecule has 0 N–H and O–H groups in total. The van der Waals surface area contributed by atoms with Gasteiger partial charge in [0.1, 0.15) is 5.60 Å². The van der Waals surface area contributed by atoms with Gasteiger partial charge in [-0.1, -0.05) is 15.9 Å². The average molecular weight is 291 g/mol. The Kier molecular flexibility index (Phi) is 4.35. The van der Waals surface area contributed by atoms with Gasteiger partial charge in [-0.2, -0.15) is 4.68 Å². The molecular formula is C10H15BrN2O3. The van der Waals surface area contributed by atoms with Crippen molar-refractivity contribution < 1.29 is 14.3 Å². The van der Waals surface area contributed by atoms with E-state index in [-0.39, 0.29) is 0 Å². The Morgan fingerprint density at radius 3 is 2.81 bits per heavy atom. The van der Waals surface area contributed by atoms with Gasteiger partial charge in [0.05, 0.1) is 6.61 Å². The third kappa shape index (κ3) is 4.22. The normalized spacial score (nSPS) is 11.2. The summed E-state index contributed by atoms with van der Waals surface area (Å²) in [5.41, 5.74) is -0.528. The Hall–Kier alpha value is -1.04. The molecular weight excluding hydrogens is 276 g/mol. The number of ether oxygens (including phenoxy) is 2. The van der Waals surface area contributed by atoms with Crippen LogP contribution in [0.25, 0.3) is 0 Å². The summed E-state index contributed by atoms with van der Waals surface area (Å²) in [5.74, 6) is 0.408. The third-order valence-corrected chi connectivity index (χ3v) is 1.80. The van der Waals surface area contributed by atoms with E-state index < -0.39 is 11.7 Å². The molecule has 1 rings (SSSR count). The summed E-state index contributed by atoms with van der Waals surface area (Å²) >= 11 is 3.23. The molecule has 0 spiro atoms. The van der Waals surface area contributed by atoms with Crippen molar-refractivity contribution in [2.75, 3.05) is 11.9 Å². The lowest BCUT2D eigenvalue weighted by molar-refractivity contribution is 0.0512. The van der Waals surface area contributed by atoms with E-state index in [9.17, 15) is 4.79 Å². The van der Waals surface area contributed by atoms with Crippen LogP contribution in [0, 0.1) is 0 Å². The lowest BCUT2D eigenvalue weighted by atomic mass is 10.2. The minimum Gasteiger partial charge on any atom is -0.476 e. The molecule has 0 saturated heterocycles. The Morgan fingerprint density at radius 2 is 2.25 bits per heavy atom. The standard InChI is InChI=1S/C10H15BrN2O3/c1-10(2,3)16-9(14)13-6-4-8(12-13)15-7-5-11/h4,6H,5,7H2,1-3H3. The molecule has 1 aromatic rings. The Labute approximate surface area is 103 Å². The topological polar surface area (TPSA) is 53.4 Å². The van der Waals surface area contributed by atoms with Crippen molar-refractivity contribution in [3.05, 3.63) is 12.3 Å². The first-order valence-electron chi connectivity index (χ1n) is 4.90. The van der Waals surface area contributed by atoms with Gasteiger partial charge in [-0.3, -0.25) is 0 Å². The Morgan fingerprint density at radius 1 is 1.56 bits per heavy atom.